The fourth-order valence-electron chi connectivity index (χ4n) is 5.78. The van der Waals surface area contributed by atoms with Crippen molar-refractivity contribution in [1.29, 1.82) is 0 Å². The van der Waals surface area contributed by atoms with Crippen molar-refractivity contribution < 1.29 is 80.7 Å². The Kier molecular flexibility index (Phi) is 28.7. The van der Waals surface area contributed by atoms with Crippen LogP contribution in [0, 0.1) is 46.5 Å². The lowest BCUT2D eigenvalue weighted by molar-refractivity contribution is -0.155. The molecule has 80 heavy (non-hydrogen) atoms. The Balaban J connectivity index is 0.000000352. The van der Waals surface area contributed by atoms with Gasteiger partial charge < -0.3 is 37.5 Å². The van der Waals surface area contributed by atoms with Gasteiger partial charge in [-0.3, -0.25) is 24.0 Å². The van der Waals surface area contributed by atoms with E-state index in [1.165, 1.54) is 24.3 Å². The number of nitrogens with two attached hydrogens (primary N) is 2. The van der Waals surface area contributed by atoms with E-state index >= 15 is 0 Å². The molecule has 8 N–H and O–H groups in total. The molecular weight excluding hydrogens is 1130 g/mol. The van der Waals surface area contributed by atoms with E-state index in [-0.39, 0.29) is 43.9 Å². The van der Waals surface area contributed by atoms with Crippen LogP contribution in [-0.4, -0.2) is 70.9 Å². The second-order valence-corrected chi connectivity index (χ2v) is 22.0. The van der Waals surface area contributed by atoms with Gasteiger partial charge in [0, 0.05) is 23.5 Å². The number of nitrogens with one attached hydrogen (secondary N) is 4. The van der Waals surface area contributed by atoms with Gasteiger partial charge in [0.2, 0.25) is 32.7 Å². The SMILES string of the molecule is CC(C)(C)OC(=O)CCC(=O)Nc1c(F)cccc1F.NCC(=O)Nc1c(F)cccc1F.NCC(=O)Nc1c(F)cccc1F.O=C(CCS(=O)(=O)Cc1ccccc1)Nc1c(F)cccc1F.O=S(=O)(Cl)Cc1ccccc1. The number of carbonyl (C=O) groups is 5. The monoisotopic (exact) mass is 1190 g/mol. The van der Waals surface area contributed by atoms with Gasteiger partial charge in [0.15, 0.2) is 9.84 Å². The quantitative estimate of drug-likeness (QED) is 0.0301. The first kappa shape index (κ1) is 68.3. The van der Waals surface area contributed by atoms with Gasteiger partial charge in [-0.05, 0) is 80.4 Å². The van der Waals surface area contributed by atoms with Crippen LogP contribution in [0.1, 0.15) is 51.2 Å². The predicted molar refractivity (Wildman–Crippen MR) is 287 cm³/mol. The molecule has 27 heteroatoms. The molecule has 0 aliphatic heterocycles. The highest BCUT2D eigenvalue weighted by molar-refractivity contribution is 8.13. The number of halogens is 9. The van der Waals surface area contributed by atoms with Crippen molar-refractivity contribution >= 4 is 81.9 Å². The molecule has 16 nitrogen and oxygen atoms in total. The zero-order valence-electron chi connectivity index (χ0n) is 42.8. The Bertz CT molecular complexity index is 3110. The number of amides is 4. The van der Waals surface area contributed by atoms with E-state index in [0.29, 0.717) is 11.1 Å². The number of hydrogen-bond donors (Lipinski definition) is 6. The molecule has 0 unspecified atom stereocenters. The molecule has 0 aliphatic carbocycles. The van der Waals surface area contributed by atoms with Crippen molar-refractivity contribution in [3.05, 3.63) is 191 Å². The van der Waals surface area contributed by atoms with Gasteiger partial charge in [0.25, 0.3) is 0 Å². The topological polar surface area (TPSA) is 263 Å². The summed E-state index contributed by atoms with van der Waals surface area (Å²) in [6.45, 7) is 4.50. The number of para-hydroxylation sites is 4. The average molecular weight is 1190 g/mol. The largest absolute Gasteiger partial charge is 0.460 e. The Morgan fingerprint density at radius 1 is 0.438 bits per heavy atom. The molecule has 432 valence electrons. The van der Waals surface area contributed by atoms with E-state index in [4.69, 9.17) is 26.9 Å². The van der Waals surface area contributed by atoms with Crippen molar-refractivity contribution in [2.45, 2.75) is 57.1 Å². The van der Waals surface area contributed by atoms with Crippen LogP contribution < -0.4 is 32.7 Å². The molecule has 0 saturated heterocycles. The maximum Gasteiger partial charge on any atom is 0.306 e. The molecule has 0 saturated carbocycles. The molecule has 0 bridgehead atoms. The molecule has 6 aromatic carbocycles. The number of sulfone groups is 1. The second-order valence-electron chi connectivity index (χ2n) is 17.1. The lowest BCUT2D eigenvalue weighted by Crippen LogP contribution is -2.25. The first-order valence-electron chi connectivity index (χ1n) is 23.2. The maximum absolute atomic E-state index is 13.4. The molecule has 6 rings (SSSR count). The number of hydrogen-bond acceptors (Lipinski definition) is 12. The number of carbonyl (C=O) groups excluding carboxylic acids is 5. The van der Waals surface area contributed by atoms with E-state index in [9.17, 15) is 75.9 Å². The van der Waals surface area contributed by atoms with Crippen molar-refractivity contribution in [1.82, 2.24) is 0 Å². The van der Waals surface area contributed by atoms with Crippen LogP contribution in [0.4, 0.5) is 57.9 Å². The first-order valence-corrected chi connectivity index (χ1v) is 27.5. The lowest BCUT2D eigenvalue weighted by Gasteiger charge is -2.19. The minimum atomic E-state index is -3.49. The summed E-state index contributed by atoms with van der Waals surface area (Å²) in [4.78, 5) is 56.1. The van der Waals surface area contributed by atoms with Crippen LogP contribution in [0.15, 0.2) is 133 Å². The Morgan fingerprint density at radius 2 is 0.725 bits per heavy atom. The third-order valence-electron chi connectivity index (χ3n) is 9.31. The van der Waals surface area contributed by atoms with Crippen molar-refractivity contribution in [3.63, 3.8) is 0 Å². The molecule has 0 spiro atoms. The zero-order chi connectivity index (χ0) is 60.2. The second kappa shape index (κ2) is 33.6. The predicted octanol–water partition coefficient (Wildman–Crippen LogP) is 9.41. The third-order valence-corrected chi connectivity index (χ3v) is 11.9. The molecule has 4 amide bonds. The third kappa shape index (κ3) is 27.7. The van der Waals surface area contributed by atoms with Crippen molar-refractivity contribution in [3.8, 4) is 0 Å². The standard InChI is InChI=1S/C16H15F2NO3S.C14H17F2NO3.2C8H8F2N2O.C7H7ClO2S/c17-13-7-4-8-14(18)16(13)19-15(20)9-10-23(21,22)11-12-5-2-1-3-6-12;1-14(2,3)20-12(19)8-7-11(18)17-13-9(15)5-4-6-10(13)16;2*9-5-2-1-3-6(10)8(5)12-7(13)4-11;8-11(9,10)6-7-4-2-1-3-5-7/h1-8H,9-11H2,(H,19,20);4-6H,7-8H2,1-3H3,(H,17,18);2*1-3H,4,11H2,(H,12,13);1-5H,6H2. The van der Waals surface area contributed by atoms with Crippen LogP contribution in [0.2, 0.25) is 0 Å². The summed E-state index contributed by atoms with van der Waals surface area (Å²) in [6, 6.07) is 30.4. The number of esters is 1. The fourth-order valence-corrected chi connectivity index (χ4v) is 8.09. The number of ether oxygens (including phenoxy) is 1. The molecule has 0 aromatic heterocycles. The summed E-state index contributed by atoms with van der Waals surface area (Å²) in [5.41, 5.74) is 8.62. The van der Waals surface area contributed by atoms with E-state index in [0.717, 1.165) is 48.5 Å². The summed E-state index contributed by atoms with van der Waals surface area (Å²) in [5.74, 6) is -10.7. The summed E-state index contributed by atoms with van der Waals surface area (Å²) in [7, 11) is -1.86. The van der Waals surface area contributed by atoms with Crippen LogP contribution in [0.25, 0.3) is 0 Å². The maximum atomic E-state index is 13.4. The lowest BCUT2D eigenvalue weighted by atomic mass is 10.2. The van der Waals surface area contributed by atoms with E-state index in [1.54, 1.807) is 75.4 Å². The van der Waals surface area contributed by atoms with Gasteiger partial charge in [0.05, 0.1) is 36.8 Å². The molecular formula is C53H55ClF8N6O10S2. The molecule has 0 heterocycles. The van der Waals surface area contributed by atoms with Gasteiger partial charge in [-0.1, -0.05) is 84.9 Å². The van der Waals surface area contributed by atoms with Crippen LogP contribution in [0.3, 0.4) is 0 Å². The van der Waals surface area contributed by atoms with E-state index in [1.807, 2.05) is 16.7 Å². The molecule has 0 radical (unpaired) electrons. The summed E-state index contributed by atoms with van der Waals surface area (Å²) in [6.07, 6.45) is -0.731. The number of benzene rings is 6. The minimum Gasteiger partial charge on any atom is -0.460 e. The minimum absolute atomic E-state index is 0.102. The Hall–Kier alpha value is -7.78. The number of rotatable bonds is 16. The highest BCUT2D eigenvalue weighted by atomic mass is 35.7. The Morgan fingerprint density at radius 3 is 1.01 bits per heavy atom. The average Bonchev–Trinajstić information content (AvgIpc) is 3.37. The van der Waals surface area contributed by atoms with Crippen molar-refractivity contribution in [2.75, 3.05) is 40.1 Å². The molecule has 0 aliphatic rings. The number of anilines is 4. The van der Waals surface area contributed by atoms with Gasteiger partial charge >= 0.3 is 5.97 Å². The normalized spacial score (nSPS) is 10.7. The van der Waals surface area contributed by atoms with Gasteiger partial charge in [0.1, 0.15) is 74.9 Å². The van der Waals surface area contributed by atoms with Crippen LogP contribution in [0.5, 0.6) is 0 Å². The van der Waals surface area contributed by atoms with Crippen LogP contribution in [-0.2, 0) is 59.1 Å². The summed E-state index contributed by atoms with van der Waals surface area (Å²) >= 11 is 0. The first-order chi connectivity index (χ1) is 37.4. The highest BCUT2D eigenvalue weighted by Crippen LogP contribution is 2.22. The molecule has 6 aromatic rings. The summed E-state index contributed by atoms with van der Waals surface area (Å²) in [5, 5.41) is 8.19. The van der Waals surface area contributed by atoms with Gasteiger partial charge in [-0.25, -0.2) is 52.0 Å². The highest BCUT2D eigenvalue weighted by Gasteiger charge is 2.20. The van der Waals surface area contributed by atoms with Crippen LogP contribution >= 0.6 is 10.7 Å². The zero-order valence-corrected chi connectivity index (χ0v) is 45.2. The summed E-state index contributed by atoms with van der Waals surface area (Å²) < 4.78 is 155. The van der Waals surface area contributed by atoms with E-state index in [2.05, 4.69) is 10.6 Å². The smallest absolute Gasteiger partial charge is 0.306 e. The molecule has 0 fully saturated rings. The Labute approximate surface area is 460 Å². The fraction of sp³-hybridized carbons (Fsp3) is 0.226. The van der Waals surface area contributed by atoms with Crippen molar-refractivity contribution in [2.24, 2.45) is 11.5 Å². The van der Waals surface area contributed by atoms with Gasteiger partial charge in [-0.2, -0.15) is 0 Å². The molecule has 0 atom stereocenters. The van der Waals surface area contributed by atoms with Gasteiger partial charge in [-0.15, -0.1) is 0 Å². The van der Waals surface area contributed by atoms with E-state index < -0.39 is 129 Å².